The molecule has 25 heavy (non-hydrogen) atoms. The topological polar surface area (TPSA) is 96.2 Å². The fourth-order valence-corrected chi connectivity index (χ4v) is 2.94. The number of Topliss-reactive ketones (excluding diaryl/α,β-unsaturated/α-hetero) is 1. The van der Waals surface area contributed by atoms with Crippen LogP contribution in [0, 0.1) is 0 Å². The molecule has 132 valence electrons. The van der Waals surface area contributed by atoms with Gasteiger partial charge in [-0.1, -0.05) is 12.1 Å². The number of carbonyl (C=O) groups excluding carboxylic acids is 1. The molecule has 2 aromatic rings. The number of benzene rings is 2. The summed E-state index contributed by atoms with van der Waals surface area (Å²) in [6.07, 6.45) is -0.436. The van der Waals surface area contributed by atoms with Gasteiger partial charge in [0.1, 0.15) is 28.6 Å². The highest BCUT2D eigenvalue weighted by molar-refractivity contribution is 7.98. The molecule has 0 saturated carbocycles. The van der Waals surface area contributed by atoms with Crippen LogP contribution in [0.2, 0.25) is 0 Å². The van der Waals surface area contributed by atoms with Crippen LogP contribution in [-0.2, 0) is 0 Å². The van der Waals surface area contributed by atoms with Crippen molar-refractivity contribution in [3.8, 4) is 23.0 Å². The second-order valence-corrected chi connectivity index (χ2v) is 6.58. The van der Waals surface area contributed by atoms with E-state index in [1.165, 1.54) is 6.07 Å². The van der Waals surface area contributed by atoms with Gasteiger partial charge in [-0.3, -0.25) is 4.79 Å². The van der Waals surface area contributed by atoms with E-state index in [2.05, 4.69) is 0 Å². The summed E-state index contributed by atoms with van der Waals surface area (Å²) in [6.45, 7) is 0.544. The Kier molecular flexibility index (Phi) is 5.06. The number of fused-ring (bicyclic) bond motifs is 1. The summed E-state index contributed by atoms with van der Waals surface area (Å²) in [6, 6.07) is 9.23. The van der Waals surface area contributed by atoms with Crippen LogP contribution >= 0.6 is 11.8 Å². The second kappa shape index (κ2) is 7.25. The van der Waals surface area contributed by atoms with Crippen LogP contribution in [0.1, 0.15) is 22.0 Å². The number of aliphatic hydroxyl groups is 1. The molecule has 0 amide bonds. The standard InChI is InChI=1S/C18H18O6S/c1-25-6-5-23-12-4-2-3-10(7-12)18-17(22)16(21)15-13(20)8-11(19)9-14(15)24-18/h2-4,7-9,17-20,22H,5-6H2,1H3/t17-,18+/m0/s1. The van der Waals surface area contributed by atoms with E-state index in [1.54, 1.807) is 36.0 Å². The van der Waals surface area contributed by atoms with E-state index in [0.717, 1.165) is 11.8 Å². The highest BCUT2D eigenvalue weighted by Gasteiger charge is 2.39. The van der Waals surface area contributed by atoms with Crippen LogP contribution in [0.15, 0.2) is 36.4 Å². The monoisotopic (exact) mass is 362 g/mol. The zero-order chi connectivity index (χ0) is 18.0. The van der Waals surface area contributed by atoms with Crippen LogP contribution < -0.4 is 9.47 Å². The van der Waals surface area contributed by atoms with E-state index < -0.39 is 23.7 Å². The van der Waals surface area contributed by atoms with Crippen LogP contribution in [0.25, 0.3) is 0 Å². The Morgan fingerprint density at radius 1 is 1.24 bits per heavy atom. The SMILES string of the molecule is CSCCOc1cccc([C@H]2Oc3cc(O)cc(O)c3C(=O)[C@@H]2O)c1. The van der Waals surface area contributed by atoms with Crippen molar-refractivity contribution in [3.63, 3.8) is 0 Å². The molecule has 1 aliphatic rings. The van der Waals surface area contributed by atoms with Gasteiger partial charge in [0.15, 0.2) is 12.2 Å². The first-order valence-electron chi connectivity index (χ1n) is 7.68. The first-order chi connectivity index (χ1) is 12.0. The van der Waals surface area contributed by atoms with Gasteiger partial charge in [-0.15, -0.1) is 0 Å². The lowest BCUT2D eigenvalue weighted by molar-refractivity contribution is 0.0210. The largest absolute Gasteiger partial charge is 0.508 e. The minimum absolute atomic E-state index is 0.0338. The van der Waals surface area contributed by atoms with E-state index in [0.29, 0.717) is 17.9 Å². The molecule has 6 nitrogen and oxygen atoms in total. The molecular weight excluding hydrogens is 344 g/mol. The van der Waals surface area contributed by atoms with Crippen LogP contribution in [0.5, 0.6) is 23.0 Å². The van der Waals surface area contributed by atoms with E-state index in [1.807, 2.05) is 6.26 Å². The summed E-state index contributed by atoms with van der Waals surface area (Å²) in [5, 5.41) is 29.8. The number of carbonyl (C=O) groups is 1. The van der Waals surface area contributed by atoms with Crippen molar-refractivity contribution >= 4 is 17.5 Å². The van der Waals surface area contributed by atoms with Gasteiger partial charge in [-0.2, -0.15) is 11.8 Å². The summed E-state index contributed by atoms with van der Waals surface area (Å²) in [4.78, 5) is 12.4. The maximum Gasteiger partial charge on any atom is 0.202 e. The maximum atomic E-state index is 12.4. The fraction of sp³-hybridized carbons (Fsp3) is 0.278. The van der Waals surface area contributed by atoms with Gasteiger partial charge < -0.3 is 24.8 Å². The molecule has 7 heteroatoms. The van der Waals surface area contributed by atoms with E-state index in [4.69, 9.17) is 9.47 Å². The molecule has 0 fully saturated rings. The number of hydrogen-bond acceptors (Lipinski definition) is 7. The third-order valence-corrected chi connectivity index (χ3v) is 4.44. The highest BCUT2D eigenvalue weighted by Crippen LogP contribution is 2.42. The molecule has 0 bridgehead atoms. The quantitative estimate of drug-likeness (QED) is 0.703. The summed E-state index contributed by atoms with van der Waals surface area (Å²) in [7, 11) is 0. The first-order valence-corrected chi connectivity index (χ1v) is 9.07. The molecule has 3 rings (SSSR count). The van der Waals surface area contributed by atoms with Crippen molar-refractivity contribution in [1.29, 1.82) is 0 Å². The van der Waals surface area contributed by atoms with Crippen molar-refractivity contribution in [3.05, 3.63) is 47.5 Å². The zero-order valence-electron chi connectivity index (χ0n) is 13.5. The predicted molar refractivity (Wildman–Crippen MR) is 93.8 cm³/mol. The fourth-order valence-electron chi connectivity index (χ4n) is 2.69. The molecule has 0 spiro atoms. The minimum atomic E-state index is -1.47. The average molecular weight is 362 g/mol. The molecule has 2 atom stereocenters. The van der Waals surface area contributed by atoms with Crippen molar-refractivity contribution in [2.45, 2.75) is 12.2 Å². The number of ether oxygens (including phenoxy) is 2. The van der Waals surface area contributed by atoms with Gasteiger partial charge in [-0.05, 0) is 24.0 Å². The summed E-state index contributed by atoms with van der Waals surface area (Å²) in [5.74, 6) is 0.181. The molecule has 0 radical (unpaired) electrons. The Balaban J connectivity index is 1.90. The average Bonchev–Trinajstić information content (AvgIpc) is 2.58. The molecule has 3 N–H and O–H groups in total. The van der Waals surface area contributed by atoms with Crippen LogP contribution in [0.3, 0.4) is 0 Å². The van der Waals surface area contributed by atoms with Crippen molar-refractivity contribution in [1.82, 2.24) is 0 Å². The van der Waals surface area contributed by atoms with Gasteiger partial charge in [0, 0.05) is 17.9 Å². The number of rotatable bonds is 5. The predicted octanol–water partition coefficient (Wildman–Crippen LogP) is 2.52. The Hall–Kier alpha value is -2.38. The number of thioether (sulfide) groups is 1. The van der Waals surface area contributed by atoms with Gasteiger partial charge >= 0.3 is 0 Å². The summed E-state index contributed by atoms with van der Waals surface area (Å²) >= 11 is 1.67. The van der Waals surface area contributed by atoms with Crippen LogP contribution in [-0.4, -0.2) is 45.8 Å². The number of phenols is 2. The number of hydrogen-bond donors (Lipinski definition) is 3. The lowest BCUT2D eigenvalue weighted by Gasteiger charge is -2.30. The Morgan fingerprint density at radius 3 is 2.80 bits per heavy atom. The van der Waals surface area contributed by atoms with E-state index in [-0.39, 0.29) is 17.1 Å². The third-order valence-electron chi connectivity index (χ3n) is 3.86. The van der Waals surface area contributed by atoms with E-state index in [9.17, 15) is 20.1 Å². The molecule has 1 heterocycles. The van der Waals surface area contributed by atoms with Crippen molar-refractivity contribution in [2.75, 3.05) is 18.6 Å². The highest BCUT2D eigenvalue weighted by atomic mass is 32.2. The molecular formula is C18H18O6S. The van der Waals surface area contributed by atoms with Gasteiger partial charge in [0.2, 0.25) is 5.78 Å². The summed E-state index contributed by atoms with van der Waals surface area (Å²) in [5.41, 5.74) is 0.435. The van der Waals surface area contributed by atoms with Crippen molar-refractivity contribution < 1.29 is 29.6 Å². The first kappa shape index (κ1) is 17.4. The maximum absolute atomic E-state index is 12.4. The number of ketones is 1. The minimum Gasteiger partial charge on any atom is -0.508 e. The smallest absolute Gasteiger partial charge is 0.202 e. The summed E-state index contributed by atoms with van der Waals surface area (Å²) < 4.78 is 11.3. The third kappa shape index (κ3) is 3.52. The van der Waals surface area contributed by atoms with Crippen molar-refractivity contribution in [2.24, 2.45) is 0 Å². The number of phenolic OH excluding ortho intramolecular Hbond substituents is 2. The lowest BCUT2D eigenvalue weighted by atomic mass is 9.93. The molecule has 1 aliphatic heterocycles. The number of aromatic hydroxyl groups is 2. The number of aliphatic hydroxyl groups excluding tert-OH is 1. The Labute approximate surface area is 149 Å². The van der Waals surface area contributed by atoms with Gasteiger partial charge in [0.25, 0.3) is 0 Å². The Bertz CT molecular complexity index is 791. The molecule has 0 aromatic heterocycles. The Morgan fingerprint density at radius 2 is 2.04 bits per heavy atom. The van der Waals surface area contributed by atoms with Gasteiger partial charge in [-0.25, -0.2) is 0 Å². The normalized spacial score (nSPS) is 19.2. The molecule has 2 aromatic carbocycles. The van der Waals surface area contributed by atoms with Crippen LogP contribution in [0.4, 0.5) is 0 Å². The molecule has 0 aliphatic carbocycles. The second-order valence-electron chi connectivity index (χ2n) is 5.60. The van der Waals surface area contributed by atoms with E-state index >= 15 is 0 Å². The molecule has 0 saturated heterocycles. The zero-order valence-corrected chi connectivity index (χ0v) is 14.3. The lowest BCUT2D eigenvalue weighted by Crippen LogP contribution is -2.36. The van der Waals surface area contributed by atoms with Gasteiger partial charge in [0.05, 0.1) is 6.61 Å². The molecule has 0 unspecified atom stereocenters.